The summed E-state index contributed by atoms with van der Waals surface area (Å²) >= 11 is 15.3. The van der Waals surface area contributed by atoms with Crippen LogP contribution in [0.15, 0.2) is 69.0 Å². The predicted octanol–water partition coefficient (Wildman–Crippen LogP) is 6.34. The van der Waals surface area contributed by atoms with E-state index in [1.165, 1.54) is 11.8 Å². The second kappa shape index (κ2) is 8.65. The molecule has 2 saturated heterocycles. The second-order valence-electron chi connectivity index (χ2n) is 7.60. The van der Waals surface area contributed by atoms with E-state index in [0.29, 0.717) is 18.3 Å². The monoisotopic (exact) mass is 593 g/mol. The number of carbonyl (C=O) groups excluding carboxylic acids is 1. The molecule has 0 N–H and O–H groups in total. The number of likely N-dealkylation sites (tertiary alicyclic amines) is 1. The molecule has 0 bridgehead atoms. The Morgan fingerprint density at radius 1 is 1.19 bits per heavy atom. The van der Waals surface area contributed by atoms with Gasteiger partial charge in [-0.15, -0.1) is 0 Å². The molecule has 3 heterocycles. The number of carbonyl (C=O) groups is 1. The number of nitrogens with zero attached hydrogens (tertiary/aromatic N) is 3. The first kappa shape index (κ1) is 22.2. The topological polar surface area (TPSA) is 47.4 Å². The Labute approximate surface area is 212 Å². The summed E-state index contributed by atoms with van der Waals surface area (Å²) in [5.41, 5.74) is 3.49. The van der Waals surface area contributed by atoms with E-state index in [0.717, 1.165) is 30.8 Å². The van der Waals surface area contributed by atoms with Gasteiger partial charge in [0, 0.05) is 17.0 Å². The fraction of sp³-hybridized carbons (Fsp3) is 0.217. The molecule has 0 radical (unpaired) electrons. The number of ether oxygens (including phenoxy) is 1. The van der Waals surface area contributed by atoms with Crippen molar-refractivity contribution in [1.29, 1.82) is 0 Å². The summed E-state index contributed by atoms with van der Waals surface area (Å²) in [7, 11) is 0. The van der Waals surface area contributed by atoms with E-state index >= 15 is 0 Å². The first-order chi connectivity index (χ1) is 15.4. The van der Waals surface area contributed by atoms with Gasteiger partial charge >= 0.3 is 0 Å². The number of benzene rings is 2. The van der Waals surface area contributed by atoms with E-state index in [2.05, 4.69) is 31.9 Å². The Morgan fingerprint density at radius 3 is 2.47 bits per heavy atom. The second-order valence-corrected chi connectivity index (χ2v) is 11.9. The summed E-state index contributed by atoms with van der Waals surface area (Å²) in [6.07, 6.45) is 0. The Balaban J connectivity index is 1.60. The quantitative estimate of drug-likeness (QED) is 0.331. The molecular formula is C23H18Br2ClN3O2S. The van der Waals surface area contributed by atoms with E-state index in [9.17, 15) is 4.79 Å². The van der Waals surface area contributed by atoms with Crippen LogP contribution in [-0.4, -0.2) is 32.1 Å². The van der Waals surface area contributed by atoms with Gasteiger partial charge < -0.3 is 9.64 Å². The van der Waals surface area contributed by atoms with Gasteiger partial charge in [0.2, 0.25) is 4.93 Å². The Bertz CT molecular complexity index is 1210. The molecule has 1 amide bonds. The molecule has 32 heavy (non-hydrogen) atoms. The molecule has 0 unspecified atom stereocenters. The first-order valence-corrected chi connectivity index (χ1v) is 12.7. The summed E-state index contributed by atoms with van der Waals surface area (Å²) < 4.78 is 8.70. The largest absolute Gasteiger partial charge is 0.347 e. The molecule has 2 aliphatic heterocycles. The lowest BCUT2D eigenvalue weighted by atomic mass is 9.89. The molecule has 164 valence electrons. The van der Waals surface area contributed by atoms with E-state index in [1.807, 2.05) is 72.5 Å². The van der Waals surface area contributed by atoms with Crippen LogP contribution in [0, 0.1) is 6.92 Å². The van der Waals surface area contributed by atoms with Gasteiger partial charge in [-0.2, -0.15) is 5.10 Å². The van der Waals surface area contributed by atoms with Crippen molar-refractivity contribution < 1.29 is 9.53 Å². The van der Waals surface area contributed by atoms with Gasteiger partial charge in [-0.1, -0.05) is 71.9 Å². The van der Waals surface area contributed by atoms with Gasteiger partial charge in [0.15, 0.2) is 0 Å². The molecule has 1 aromatic heterocycles. The standard InChI is InChI=1S/C23H18Br2ClN3O2S/c1-14-18(21(26)29(27-14)16-10-6-3-7-11-16)19-23(31-13-17(32-23)20(24)25)22(30)28(19)12-15-8-4-2-5-9-15/h2-11,19H,12-13H2,1H3/t19-,23+/m1/s1. The number of rotatable bonds is 4. The maximum absolute atomic E-state index is 13.5. The maximum atomic E-state index is 13.5. The van der Waals surface area contributed by atoms with Gasteiger partial charge in [0.1, 0.15) is 11.2 Å². The van der Waals surface area contributed by atoms with E-state index in [4.69, 9.17) is 21.4 Å². The molecule has 9 heteroatoms. The molecule has 1 spiro atoms. The number of aryl methyl sites for hydroxylation is 1. The molecule has 0 saturated carbocycles. The smallest absolute Gasteiger partial charge is 0.269 e. The third kappa shape index (κ3) is 3.56. The highest BCUT2D eigenvalue weighted by Gasteiger charge is 2.67. The van der Waals surface area contributed by atoms with Crippen LogP contribution in [-0.2, 0) is 16.1 Å². The average molecular weight is 596 g/mol. The van der Waals surface area contributed by atoms with Crippen molar-refractivity contribution in [2.24, 2.45) is 0 Å². The number of halogens is 3. The molecule has 2 aromatic carbocycles. The van der Waals surface area contributed by atoms with Gasteiger partial charge in [-0.25, -0.2) is 4.68 Å². The number of hydrogen-bond donors (Lipinski definition) is 0. The highest BCUT2D eigenvalue weighted by molar-refractivity contribution is 9.28. The van der Waals surface area contributed by atoms with Crippen molar-refractivity contribution in [3.63, 3.8) is 0 Å². The zero-order valence-corrected chi connectivity index (χ0v) is 21.7. The third-order valence-electron chi connectivity index (χ3n) is 5.65. The lowest BCUT2D eigenvalue weighted by Crippen LogP contribution is -2.66. The molecule has 5 nitrogen and oxygen atoms in total. The van der Waals surface area contributed by atoms with Crippen LogP contribution in [0.5, 0.6) is 0 Å². The van der Waals surface area contributed by atoms with Gasteiger partial charge in [-0.3, -0.25) is 4.79 Å². The lowest BCUT2D eigenvalue weighted by molar-refractivity contribution is -0.180. The van der Waals surface area contributed by atoms with Crippen molar-refractivity contribution in [2.75, 3.05) is 6.61 Å². The average Bonchev–Trinajstić information content (AvgIpc) is 3.39. The SMILES string of the molecule is Cc1nn(-c2ccccc2)c(Cl)c1[C@H]1N(Cc2ccccc2)C(=O)[C@]12OCC(=C(Br)Br)S2. The van der Waals surface area contributed by atoms with Gasteiger partial charge in [0.05, 0.1) is 21.4 Å². The maximum Gasteiger partial charge on any atom is 0.269 e. The fourth-order valence-corrected chi connectivity index (χ4v) is 6.50. The highest BCUT2D eigenvalue weighted by atomic mass is 79.9. The first-order valence-electron chi connectivity index (χ1n) is 9.95. The number of aromatic nitrogens is 2. The number of thioether (sulfide) groups is 1. The van der Waals surface area contributed by atoms with Crippen molar-refractivity contribution in [1.82, 2.24) is 14.7 Å². The minimum absolute atomic E-state index is 0.0597. The van der Waals surface area contributed by atoms with Crippen molar-refractivity contribution in [3.8, 4) is 5.69 Å². The van der Waals surface area contributed by atoms with Crippen LogP contribution in [0.1, 0.15) is 22.9 Å². The summed E-state index contributed by atoms with van der Waals surface area (Å²) in [5, 5.41) is 5.20. The zero-order valence-electron chi connectivity index (χ0n) is 17.0. The number of amides is 1. The predicted molar refractivity (Wildman–Crippen MR) is 134 cm³/mol. The molecule has 2 atom stereocenters. The number of β-lactam (4-membered cyclic amide) rings is 1. The molecule has 3 aromatic rings. The van der Waals surface area contributed by atoms with Crippen LogP contribution in [0.4, 0.5) is 0 Å². The molecule has 2 aliphatic rings. The number of hydrogen-bond acceptors (Lipinski definition) is 4. The van der Waals surface area contributed by atoms with Gasteiger partial charge in [0.25, 0.3) is 5.91 Å². The summed E-state index contributed by atoms with van der Waals surface area (Å²) in [4.78, 5) is 15.2. The highest BCUT2D eigenvalue weighted by Crippen LogP contribution is 2.61. The van der Waals surface area contributed by atoms with Crippen LogP contribution in [0.25, 0.3) is 5.69 Å². The Morgan fingerprint density at radius 2 is 1.84 bits per heavy atom. The fourth-order valence-electron chi connectivity index (χ4n) is 4.17. The van der Waals surface area contributed by atoms with E-state index in [1.54, 1.807) is 4.68 Å². The molecule has 2 fully saturated rings. The third-order valence-corrected chi connectivity index (χ3v) is 8.89. The van der Waals surface area contributed by atoms with Crippen LogP contribution in [0.3, 0.4) is 0 Å². The Hall–Kier alpha value is -1.58. The van der Waals surface area contributed by atoms with Crippen molar-refractivity contribution in [2.45, 2.75) is 24.4 Å². The van der Waals surface area contributed by atoms with E-state index < -0.39 is 4.93 Å². The zero-order chi connectivity index (χ0) is 22.5. The van der Waals surface area contributed by atoms with E-state index in [-0.39, 0.29) is 11.9 Å². The van der Waals surface area contributed by atoms with Crippen LogP contribution in [0.2, 0.25) is 5.15 Å². The molecule has 5 rings (SSSR count). The van der Waals surface area contributed by atoms with Gasteiger partial charge in [-0.05, 0) is 56.5 Å². The van der Waals surface area contributed by atoms with Crippen LogP contribution >= 0.6 is 55.2 Å². The molecular weight excluding hydrogens is 578 g/mol. The van der Waals surface area contributed by atoms with Crippen LogP contribution < -0.4 is 0 Å². The Kier molecular flexibility index (Phi) is 6.01. The van der Waals surface area contributed by atoms with Crippen molar-refractivity contribution >= 4 is 61.1 Å². The van der Waals surface area contributed by atoms with Crippen molar-refractivity contribution in [3.05, 3.63) is 90.9 Å². The normalized spacial score (nSPS) is 22.5. The molecule has 0 aliphatic carbocycles. The lowest BCUT2D eigenvalue weighted by Gasteiger charge is -2.52. The minimum Gasteiger partial charge on any atom is -0.347 e. The minimum atomic E-state index is -1.06. The summed E-state index contributed by atoms with van der Waals surface area (Å²) in [6, 6.07) is 19.3. The summed E-state index contributed by atoms with van der Waals surface area (Å²) in [5.74, 6) is -0.0597. The summed E-state index contributed by atoms with van der Waals surface area (Å²) in [6.45, 7) is 2.74. The number of para-hydroxylation sites is 1.